The van der Waals surface area contributed by atoms with Crippen molar-refractivity contribution < 1.29 is 27.9 Å². The van der Waals surface area contributed by atoms with Gasteiger partial charge in [0.15, 0.2) is 10.6 Å². The van der Waals surface area contributed by atoms with Crippen LogP contribution >= 0.6 is 15.9 Å². The monoisotopic (exact) mass is 1140 g/mol. The molecule has 0 fully saturated rings. The zero-order valence-electron chi connectivity index (χ0n) is 53.3. The Morgan fingerprint density at radius 2 is 0.456 bits per heavy atom. The lowest BCUT2D eigenvalue weighted by atomic mass is 9.78. The first-order chi connectivity index (χ1) is 38.7. The van der Waals surface area contributed by atoms with Crippen LogP contribution in [-0.2, 0) is 23.5 Å². The summed E-state index contributed by atoms with van der Waals surface area (Å²) >= 11 is 0. The van der Waals surface area contributed by atoms with E-state index in [-0.39, 0.29) is 5.41 Å². The second-order valence-electron chi connectivity index (χ2n) is 24.6. The molecule has 0 aliphatic carbocycles. The van der Waals surface area contributed by atoms with Crippen molar-refractivity contribution in [3.05, 3.63) is 59.7 Å². The summed E-state index contributed by atoms with van der Waals surface area (Å²) in [5, 5.41) is 1.51. The molecule has 0 aliphatic heterocycles. The van der Waals surface area contributed by atoms with Crippen LogP contribution in [-0.4, -0.2) is 36.2 Å². The molecule has 0 unspecified atom stereocenters. The van der Waals surface area contributed by atoms with Crippen LogP contribution in [0.2, 0.25) is 0 Å². The average Bonchev–Trinajstić information content (AvgIpc) is 3.53. The van der Waals surface area contributed by atoms with Crippen molar-refractivity contribution in [3.63, 3.8) is 0 Å². The summed E-state index contributed by atoms with van der Waals surface area (Å²) < 4.78 is 27.0. The van der Waals surface area contributed by atoms with Gasteiger partial charge in [-0.1, -0.05) is 348 Å². The van der Waals surface area contributed by atoms with E-state index in [0.29, 0.717) is 31.7 Å². The Morgan fingerprint density at radius 3 is 0.684 bits per heavy atom. The van der Waals surface area contributed by atoms with E-state index in [9.17, 15) is 9.79 Å². The molecule has 6 nitrogen and oxygen atoms in total. The summed E-state index contributed by atoms with van der Waals surface area (Å²) in [6.45, 7) is 16.0. The normalized spacial score (nSPS) is 12.4. The SMILES string of the molecule is CCCCCCCCCCCCCCO[P+](O)(O)c1ccc(C(C)(C)c2ccc([P+](OCCCCCCCCCCCCCC)(OCCCCCCCCCCCCCC)OCCCCCCCCCCCCCC)cc2)cc1. The molecule has 0 bridgehead atoms. The van der Waals surface area contributed by atoms with E-state index < -0.39 is 15.9 Å². The standard InChI is InChI=1S/C71H132O6P2/c1-7-11-15-19-23-27-31-35-39-43-47-51-63-74-78(72,73)69-59-55-67(56-60-69)71(5,6)68-57-61-70(62-58-68)79(75-64-52-48-44-40-36-32-28-24-20-16-12-8-2,76-65-53-49-45-41-37-33-29-25-21-17-13-9-3)77-66-54-50-46-42-38-34-30-26-22-18-14-10-4/h55-62,72-73H,7-54,63-66H2,1-6H3/q+2. The highest BCUT2D eigenvalue weighted by atomic mass is 31.2. The minimum Gasteiger partial charge on any atom is -0.188 e. The van der Waals surface area contributed by atoms with Gasteiger partial charge in [-0.05, 0) is 61.1 Å². The number of benzene rings is 2. The van der Waals surface area contributed by atoms with Crippen LogP contribution in [0.3, 0.4) is 0 Å². The molecule has 0 aliphatic rings. The summed E-state index contributed by atoms with van der Waals surface area (Å²) in [6.07, 6.45) is 62.6. The van der Waals surface area contributed by atoms with Crippen molar-refractivity contribution in [1.82, 2.24) is 0 Å². The first-order valence-electron chi connectivity index (χ1n) is 34.7. The van der Waals surface area contributed by atoms with Gasteiger partial charge in [0.25, 0.3) is 0 Å². The van der Waals surface area contributed by atoms with Crippen molar-refractivity contribution in [2.24, 2.45) is 0 Å². The first kappa shape index (κ1) is 74.2. The number of unbranched alkanes of at least 4 members (excludes halogenated alkanes) is 44. The Labute approximate surface area is 493 Å². The van der Waals surface area contributed by atoms with Crippen LogP contribution in [0, 0.1) is 0 Å². The van der Waals surface area contributed by atoms with Gasteiger partial charge in [0.2, 0.25) is 0 Å². The summed E-state index contributed by atoms with van der Waals surface area (Å²) in [4.78, 5) is 22.2. The number of rotatable bonds is 60. The summed E-state index contributed by atoms with van der Waals surface area (Å²) in [5.74, 6) is 0. The van der Waals surface area contributed by atoms with E-state index in [1.165, 1.54) is 282 Å². The van der Waals surface area contributed by atoms with Crippen molar-refractivity contribution in [1.29, 1.82) is 0 Å². The van der Waals surface area contributed by atoms with Gasteiger partial charge in [-0.2, -0.15) is 27.9 Å². The molecule has 0 radical (unpaired) electrons. The molecule has 0 amide bonds. The molecule has 2 rings (SSSR count). The van der Waals surface area contributed by atoms with Gasteiger partial charge in [-0.15, -0.1) is 0 Å². The fourth-order valence-electron chi connectivity index (χ4n) is 11.2. The maximum atomic E-state index is 11.1. The highest BCUT2D eigenvalue weighted by Crippen LogP contribution is 2.61. The third-order valence-electron chi connectivity index (χ3n) is 16.9. The molecule has 2 aromatic carbocycles. The Morgan fingerprint density at radius 1 is 0.266 bits per heavy atom. The van der Waals surface area contributed by atoms with E-state index in [1.54, 1.807) is 0 Å². The molecule has 0 heterocycles. The molecule has 2 aromatic rings. The quantitative estimate of drug-likeness (QED) is 0.0508. The highest BCUT2D eigenvalue weighted by molar-refractivity contribution is 7.69. The predicted molar refractivity (Wildman–Crippen MR) is 351 cm³/mol. The largest absolute Gasteiger partial charge is 0.448 e. The van der Waals surface area contributed by atoms with Gasteiger partial charge in [0.1, 0.15) is 0 Å². The maximum absolute atomic E-state index is 11.1. The predicted octanol–water partition coefficient (Wildman–Crippen LogP) is 23.6. The Kier molecular flexibility index (Phi) is 48.3. The zero-order chi connectivity index (χ0) is 57.1. The average molecular weight is 1140 g/mol. The van der Waals surface area contributed by atoms with Gasteiger partial charge < -0.3 is 0 Å². The smallest absolute Gasteiger partial charge is 0.188 e. The fraction of sp³-hybridized carbons (Fsp3) is 0.831. The third kappa shape index (κ3) is 37.9. The van der Waals surface area contributed by atoms with Gasteiger partial charge in [0, 0.05) is 5.41 Å². The third-order valence-corrected chi connectivity index (χ3v) is 20.9. The second-order valence-corrected chi connectivity index (χ2v) is 28.8. The van der Waals surface area contributed by atoms with E-state index in [2.05, 4.69) is 65.8 Å². The zero-order valence-corrected chi connectivity index (χ0v) is 55.1. The van der Waals surface area contributed by atoms with Gasteiger partial charge >= 0.3 is 15.9 Å². The van der Waals surface area contributed by atoms with E-state index in [0.717, 1.165) is 43.0 Å². The van der Waals surface area contributed by atoms with Crippen LogP contribution < -0.4 is 10.6 Å². The van der Waals surface area contributed by atoms with E-state index >= 15 is 0 Å². The lowest BCUT2D eigenvalue weighted by Crippen LogP contribution is -2.24. The van der Waals surface area contributed by atoms with Gasteiger partial charge in [-0.3, -0.25) is 0 Å². The molecule has 0 saturated carbocycles. The van der Waals surface area contributed by atoms with E-state index in [1.807, 2.05) is 24.3 Å². The number of hydrogen-bond donors (Lipinski definition) is 2. The lowest BCUT2D eigenvalue weighted by Gasteiger charge is -2.27. The minimum atomic E-state index is -3.66. The molecule has 460 valence electrons. The molecule has 0 saturated heterocycles. The Bertz CT molecular complexity index is 1510. The molecular weight excluding hydrogens is 1010 g/mol. The lowest BCUT2D eigenvalue weighted by molar-refractivity contribution is 0.140. The van der Waals surface area contributed by atoms with Gasteiger partial charge in [-0.25, -0.2) is 0 Å². The van der Waals surface area contributed by atoms with Crippen LogP contribution in [0.4, 0.5) is 0 Å². The van der Waals surface area contributed by atoms with Crippen molar-refractivity contribution in [2.45, 2.75) is 355 Å². The second kappa shape index (κ2) is 51.5. The fourth-order valence-corrected chi connectivity index (χ4v) is 14.6. The van der Waals surface area contributed by atoms with Crippen LogP contribution in [0.25, 0.3) is 0 Å². The molecule has 0 aromatic heterocycles. The molecule has 2 N–H and O–H groups in total. The molecule has 0 spiro atoms. The first-order valence-corrected chi connectivity index (χ1v) is 37.9. The molecule has 8 heteroatoms. The van der Waals surface area contributed by atoms with Crippen molar-refractivity contribution in [3.8, 4) is 0 Å². The minimum absolute atomic E-state index is 0.332. The van der Waals surface area contributed by atoms with Crippen LogP contribution in [0.15, 0.2) is 48.5 Å². The van der Waals surface area contributed by atoms with Crippen LogP contribution in [0.1, 0.15) is 361 Å². The highest BCUT2D eigenvalue weighted by Gasteiger charge is 2.49. The summed E-state index contributed by atoms with van der Waals surface area (Å²) in [7, 11) is -6.52. The summed E-state index contributed by atoms with van der Waals surface area (Å²) in [6, 6.07) is 16.8. The molecule has 0 atom stereocenters. The number of hydrogen-bond acceptors (Lipinski definition) is 6. The van der Waals surface area contributed by atoms with Crippen molar-refractivity contribution in [2.75, 3.05) is 26.4 Å². The topological polar surface area (TPSA) is 77.4 Å². The van der Waals surface area contributed by atoms with E-state index in [4.69, 9.17) is 18.1 Å². The molecular formula is C71H132O6P2+2. The summed E-state index contributed by atoms with van der Waals surface area (Å²) in [5.41, 5.74) is 1.96. The Balaban J connectivity index is 2.12. The Hall–Kier alpha value is -0.940. The van der Waals surface area contributed by atoms with Crippen molar-refractivity contribution >= 4 is 26.5 Å². The van der Waals surface area contributed by atoms with Crippen LogP contribution in [0.5, 0.6) is 0 Å². The van der Waals surface area contributed by atoms with Gasteiger partial charge in [0.05, 0.1) is 26.4 Å². The maximum Gasteiger partial charge on any atom is 0.448 e. The molecule has 79 heavy (non-hydrogen) atoms.